The molecule has 1 saturated heterocycles. The quantitative estimate of drug-likeness (QED) is 0.809. The van der Waals surface area contributed by atoms with Gasteiger partial charge < -0.3 is 15.0 Å². The van der Waals surface area contributed by atoms with Crippen LogP contribution in [0, 0.1) is 17.2 Å². The number of ether oxygens (including phenoxy) is 1. The van der Waals surface area contributed by atoms with Gasteiger partial charge in [-0.2, -0.15) is 5.26 Å². The standard InChI is InChI=1S/C16H29N3O/c1-18-16(13-17)9-5-6-14(16)8-10-19(2)12-15-7-3-4-11-20-15/h14-15,18H,3-12H2,1-2H3. The van der Waals surface area contributed by atoms with Gasteiger partial charge in [0, 0.05) is 13.2 Å². The van der Waals surface area contributed by atoms with Crippen LogP contribution in [0.5, 0.6) is 0 Å². The van der Waals surface area contributed by atoms with Crippen LogP contribution in [-0.4, -0.2) is 50.3 Å². The summed E-state index contributed by atoms with van der Waals surface area (Å²) in [5.74, 6) is 0.493. The van der Waals surface area contributed by atoms with E-state index in [-0.39, 0.29) is 5.54 Å². The number of nitrogens with one attached hydrogen (secondary N) is 1. The number of nitrogens with zero attached hydrogens (tertiary/aromatic N) is 2. The molecule has 1 N–H and O–H groups in total. The van der Waals surface area contributed by atoms with E-state index in [1.165, 1.54) is 32.1 Å². The average Bonchev–Trinajstić information content (AvgIpc) is 2.89. The van der Waals surface area contributed by atoms with Crippen molar-refractivity contribution in [3.05, 3.63) is 0 Å². The molecule has 1 aliphatic heterocycles. The zero-order valence-corrected chi connectivity index (χ0v) is 13.0. The largest absolute Gasteiger partial charge is 0.377 e. The van der Waals surface area contributed by atoms with Gasteiger partial charge in [-0.1, -0.05) is 6.42 Å². The summed E-state index contributed by atoms with van der Waals surface area (Å²) < 4.78 is 5.80. The lowest BCUT2D eigenvalue weighted by atomic mass is 9.86. The molecular weight excluding hydrogens is 250 g/mol. The molecule has 0 aromatic rings. The van der Waals surface area contributed by atoms with Crippen molar-refractivity contribution in [3.63, 3.8) is 0 Å². The fourth-order valence-corrected chi connectivity index (χ4v) is 3.77. The molecule has 0 amide bonds. The third-order valence-corrected chi connectivity index (χ3v) is 5.11. The molecule has 4 nitrogen and oxygen atoms in total. The van der Waals surface area contributed by atoms with Crippen LogP contribution in [0.4, 0.5) is 0 Å². The van der Waals surface area contributed by atoms with Crippen LogP contribution in [0.2, 0.25) is 0 Å². The van der Waals surface area contributed by atoms with E-state index < -0.39 is 0 Å². The van der Waals surface area contributed by atoms with Gasteiger partial charge in [-0.3, -0.25) is 0 Å². The second-order valence-corrected chi connectivity index (χ2v) is 6.46. The van der Waals surface area contributed by atoms with Gasteiger partial charge in [0.2, 0.25) is 0 Å². The minimum absolute atomic E-state index is 0.276. The second kappa shape index (κ2) is 7.40. The van der Waals surface area contributed by atoms with E-state index in [0.29, 0.717) is 12.0 Å². The Balaban J connectivity index is 1.75. The summed E-state index contributed by atoms with van der Waals surface area (Å²) in [6.07, 6.45) is 8.61. The summed E-state index contributed by atoms with van der Waals surface area (Å²) in [6, 6.07) is 2.53. The maximum absolute atomic E-state index is 9.47. The lowest BCUT2D eigenvalue weighted by Crippen LogP contribution is -2.46. The monoisotopic (exact) mass is 279 g/mol. The van der Waals surface area contributed by atoms with Gasteiger partial charge in [0.15, 0.2) is 0 Å². The highest BCUT2D eigenvalue weighted by Gasteiger charge is 2.41. The van der Waals surface area contributed by atoms with Crippen LogP contribution in [0.3, 0.4) is 0 Å². The minimum atomic E-state index is -0.276. The molecule has 0 radical (unpaired) electrons. The first-order valence-electron chi connectivity index (χ1n) is 8.10. The summed E-state index contributed by atoms with van der Waals surface area (Å²) in [4.78, 5) is 2.38. The van der Waals surface area contributed by atoms with Crippen LogP contribution in [0.15, 0.2) is 0 Å². The predicted molar refractivity (Wildman–Crippen MR) is 80.4 cm³/mol. The molecular formula is C16H29N3O. The van der Waals surface area contributed by atoms with E-state index in [9.17, 15) is 5.26 Å². The van der Waals surface area contributed by atoms with Crippen LogP contribution >= 0.6 is 0 Å². The molecule has 1 saturated carbocycles. The Kier molecular flexibility index (Phi) is 5.83. The fourth-order valence-electron chi connectivity index (χ4n) is 3.77. The van der Waals surface area contributed by atoms with Crippen LogP contribution in [0.25, 0.3) is 0 Å². The third kappa shape index (κ3) is 3.72. The molecule has 2 fully saturated rings. The van der Waals surface area contributed by atoms with Gasteiger partial charge in [-0.15, -0.1) is 0 Å². The molecule has 2 aliphatic rings. The number of likely N-dealkylation sites (N-methyl/N-ethyl adjacent to an activating group) is 1. The number of nitriles is 1. The van der Waals surface area contributed by atoms with Crippen molar-refractivity contribution in [2.75, 3.05) is 33.8 Å². The lowest BCUT2D eigenvalue weighted by molar-refractivity contribution is -0.00230. The molecule has 2 rings (SSSR count). The Morgan fingerprint density at radius 3 is 2.85 bits per heavy atom. The molecule has 3 unspecified atom stereocenters. The van der Waals surface area contributed by atoms with Crippen molar-refractivity contribution in [2.24, 2.45) is 5.92 Å². The van der Waals surface area contributed by atoms with Gasteiger partial charge in [-0.05, 0) is 65.1 Å². The Morgan fingerprint density at radius 2 is 2.20 bits per heavy atom. The Morgan fingerprint density at radius 1 is 1.35 bits per heavy atom. The summed E-state index contributed by atoms with van der Waals surface area (Å²) in [5.41, 5.74) is -0.276. The third-order valence-electron chi connectivity index (χ3n) is 5.11. The highest BCUT2D eigenvalue weighted by Crippen LogP contribution is 2.37. The van der Waals surface area contributed by atoms with Gasteiger partial charge in [0.1, 0.15) is 5.54 Å². The zero-order chi connectivity index (χ0) is 14.4. The molecule has 4 heteroatoms. The highest BCUT2D eigenvalue weighted by molar-refractivity contribution is 5.13. The van der Waals surface area contributed by atoms with Crippen LogP contribution < -0.4 is 5.32 Å². The van der Waals surface area contributed by atoms with E-state index >= 15 is 0 Å². The van der Waals surface area contributed by atoms with Crippen molar-refractivity contribution < 1.29 is 4.74 Å². The lowest BCUT2D eigenvalue weighted by Gasteiger charge is -2.31. The van der Waals surface area contributed by atoms with E-state index in [2.05, 4.69) is 23.3 Å². The molecule has 0 bridgehead atoms. The first kappa shape index (κ1) is 15.8. The Hall–Kier alpha value is -0.630. The van der Waals surface area contributed by atoms with E-state index in [0.717, 1.165) is 32.5 Å². The molecule has 0 spiro atoms. The Bertz CT molecular complexity index is 335. The predicted octanol–water partition coefficient (Wildman–Crippen LogP) is 2.16. The Labute approximate surface area is 123 Å². The molecule has 1 heterocycles. The fraction of sp³-hybridized carbons (Fsp3) is 0.938. The average molecular weight is 279 g/mol. The normalized spacial score (nSPS) is 34.3. The molecule has 1 aliphatic carbocycles. The molecule has 0 aromatic heterocycles. The smallest absolute Gasteiger partial charge is 0.109 e. The molecule has 0 aromatic carbocycles. The highest BCUT2D eigenvalue weighted by atomic mass is 16.5. The van der Waals surface area contributed by atoms with Gasteiger partial charge in [0.25, 0.3) is 0 Å². The van der Waals surface area contributed by atoms with Crippen molar-refractivity contribution in [3.8, 4) is 6.07 Å². The first-order valence-corrected chi connectivity index (χ1v) is 8.10. The van der Waals surface area contributed by atoms with E-state index in [1.807, 2.05) is 7.05 Å². The molecule has 20 heavy (non-hydrogen) atoms. The SMILES string of the molecule is CNC1(C#N)CCCC1CCN(C)CC1CCCCO1. The van der Waals surface area contributed by atoms with Crippen molar-refractivity contribution >= 4 is 0 Å². The number of hydrogen-bond donors (Lipinski definition) is 1. The summed E-state index contributed by atoms with van der Waals surface area (Å²) in [5, 5.41) is 12.7. The minimum Gasteiger partial charge on any atom is -0.377 e. The van der Waals surface area contributed by atoms with Gasteiger partial charge in [-0.25, -0.2) is 0 Å². The van der Waals surface area contributed by atoms with E-state index in [4.69, 9.17) is 4.74 Å². The second-order valence-electron chi connectivity index (χ2n) is 6.46. The van der Waals surface area contributed by atoms with Crippen molar-refractivity contribution in [1.29, 1.82) is 5.26 Å². The van der Waals surface area contributed by atoms with E-state index in [1.54, 1.807) is 0 Å². The maximum atomic E-state index is 9.47. The summed E-state index contributed by atoms with van der Waals surface area (Å²) >= 11 is 0. The first-order chi connectivity index (χ1) is 9.70. The summed E-state index contributed by atoms with van der Waals surface area (Å²) in [7, 11) is 4.11. The number of rotatable bonds is 6. The van der Waals surface area contributed by atoms with Crippen molar-refractivity contribution in [2.45, 2.75) is 56.6 Å². The topological polar surface area (TPSA) is 48.3 Å². The van der Waals surface area contributed by atoms with Crippen LogP contribution in [-0.2, 0) is 4.74 Å². The van der Waals surface area contributed by atoms with Crippen molar-refractivity contribution in [1.82, 2.24) is 10.2 Å². The van der Waals surface area contributed by atoms with Gasteiger partial charge >= 0.3 is 0 Å². The summed E-state index contributed by atoms with van der Waals surface area (Å²) in [6.45, 7) is 3.03. The zero-order valence-electron chi connectivity index (χ0n) is 13.0. The molecule has 3 atom stereocenters. The number of hydrogen-bond acceptors (Lipinski definition) is 4. The van der Waals surface area contributed by atoms with Gasteiger partial charge in [0.05, 0.1) is 12.2 Å². The maximum Gasteiger partial charge on any atom is 0.109 e. The molecule has 114 valence electrons. The van der Waals surface area contributed by atoms with Crippen LogP contribution in [0.1, 0.15) is 44.9 Å².